The van der Waals surface area contributed by atoms with E-state index in [0.29, 0.717) is 21.5 Å². The Kier molecular flexibility index (Phi) is 5.43. The van der Waals surface area contributed by atoms with Crippen molar-refractivity contribution >= 4 is 21.7 Å². The van der Waals surface area contributed by atoms with E-state index in [1.165, 1.54) is 6.42 Å². The van der Waals surface area contributed by atoms with Gasteiger partial charge in [-0.3, -0.25) is 4.79 Å². The lowest BCUT2D eigenvalue weighted by molar-refractivity contribution is 0.0937. The van der Waals surface area contributed by atoms with E-state index in [1.807, 2.05) is 0 Å². The van der Waals surface area contributed by atoms with Gasteiger partial charge in [-0.1, -0.05) is 12.8 Å². The zero-order valence-corrected chi connectivity index (χ0v) is 13.5. The van der Waals surface area contributed by atoms with Crippen molar-refractivity contribution in [2.24, 2.45) is 0 Å². The fourth-order valence-corrected chi connectivity index (χ4v) is 3.20. The number of carbonyl (C=O) groups excluding carboxylic acids is 1. The van der Waals surface area contributed by atoms with Gasteiger partial charge in [0.2, 0.25) is 0 Å². The van der Waals surface area contributed by atoms with Crippen molar-refractivity contribution < 1.29 is 14.3 Å². The molecule has 0 saturated carbocycles. The first-order valence-electron chi connectivity index (χ1n) is 6.87. The van der Waals surface area contributed by atoms with Crippen LogP contribution in [0.2, 0.25) is 0 Å². The lowest BCUT2D eigenvalue weighted by Crippen LogP contribution is -2.36. The Labute approximate surface area is 128 Å². The van der Waals surface area contributed by atoms with E-state index < -0.39 is 0 Å². The third kappa shape index (κ3) is 3.15. The summed E-state index contributed by atoms with van der Waals surface area (Å²) in [4.78, 5) is 12.7. The Hall–Kier alpha value is -1.07. The number of ketones is 1. The molecule has 0 amide bonds. The number of methoxy groups -OCH3 is 2. The van der Waals surface area contributed by atoms with Gasteiger partial charge < -0.3 is 14.8 Å². The average Bonchev–Trinajstić information content (AvgIpc) is 2.75. The summed E-state index contributed by atoms with van der Waals surface area (Å²) in [6.07, 6.45) is 4.28. The summed E-state index contributed by atoms with van der Waals surface area (Å²) < 4.78 is 11.3. The quantitative estimate of drug-likeness (QED) is 0.854. The molecule has 0 radical (unpaired) electrons. The molecule has 1 unspecified atom stereocenters. The smallest absolute Gasteiger partial charge is 0.183 e. The first-order chi connectivity index (χ1) is 9.69. The Bertz CT molecular complexity index is 482. The van der Waals surface area contributed by atoms with E-state index in [1.54, 1.807) is 26.4 Å². The highest BCUT2D eigenvalue weighted by Crippen LogP contribution is 2.37. The molecule has 0 aromatic heterocycles. The third-order valence-electron chi connectivity index (χ3n) is 3.63. The number of nitrogens with one attached hydrogen (secondary N) is 1. The van der Waals surface area contributed by atoms with Crippen LogP contribution >= 0.6 is 15.9 Å². The van der Waals surface area contributed by atoms with Crippen molar-refractivity contribution in [3.63, 3.8) is 0 Å². The van der Waals surface area contributed by atoms with Gasteiger partial charge >= 0.3 is 0 Å². The Balaban J connectivity index is 2.31. The summed E-state index contributed by atoms with van der Waals surface area (Å²) in [5.74, 6) is 1.29. The fraction of sp³-hybridized carbons (Fsp3) is 0.533. The van der Waals surface area contributed by atoms with Gasteiger partial charge in [-0.15, -0.1) is 0 Å². The van der Waals surface area contributed by atoms with Crippen molar-refractivity contribution in [1.29, 1.82) is 0 Å². The normalized spacial score (nSPS) is 19.2. The summed E-state index contributed by atoms with van der Waals surface area (Å²) in [5.41, 5.74) is 0.597. The van der Waals surface area contributed by atoms with Crippen molar-refractivity contribution in [2.75, 3.05) is 20.8 Å². The number of halogens is 1. The van der Waals surface area contributed by atoms with E-state index in [4.69, 9.17) is 9.47 Å². The number of Topliss-reactive ketones (excluding diaryl/α,β-unsaturated/α-hetero) is 1. The number of rotatable bonds is 4. The molecule has 1 heterocycles. The Morgan fingerprint density at radius 3 is 2.75 bits per heavy atom. The summed E-state index contributed by atoms with van der Waals surface area (Å²) in [7, 11) is 3.16. The molecule has 1 N–H and O–H groups in total. The molecule has 1 aromatic carbocycles. The van der Waals surface area contributed by atoms with Gasteiger partial charge in [-0.05, 0) is 47.4 Å². The maximum absolute atomic E-state index is 12.7. The first-order valence-corrected chi connectivity index (χ1v) is 7.66. The van der Waals surface area contributed by atoms with Gasteiger partial charge in [0, 0.05) is 0 Å². The molecule has 1 fully saturated rings. The van der Waals surface area contributed by atoms with Crippen molar-refractivity contribution in [3.05, 3.63) is 22.2 Å². The molecule has 0 spiro atoms. The lowest BCUT2D eigenvalue weighted by atomic mass is 9.99. The minimum absolute atomic E-state index is 0.0899. The molecule has 0 bridgehead atoms. The molecule has 1 aromatic rings. The summed E-state index contributed by atoms with van der Waals surface area (Å²) >= 11 is 3.44. The Morgan fingerprint density at radius 1 is 1.25 bits per heavy atom. The number of benzene rings is 1. The predicted molar refractivity (Wildman–Crippen MR) is 81.8 cm³/mol. The van der Waals surface area contributed by atoms with Crippen LogP contribution in [0.5, 0.6) is 11.5 Å². The minimum Gasteiger partial charge on any atom is -0.495 e. The Morgan fingerprint density at radius 2 is 2.05 bits per heavy atom. The molecule has 1 atom stereocenters. The zero-order valence-electron chi connectivity index (χ0n) is 11.9. The molecule has 20 heavy (non-hydrogen) atoms. The van der Waals surface area contributed by atoms with E-state index in [9.17, 15) is 4.79 Å². The molecular formula is C15H20BrNO3. The monoisotopic (exact) mass is 341 g/mol. The second-order valence-electron chi connectivity index (χ2n) is 4.88. The van der Waals surface area contributed by atoms with E-state index in [2.05, 4.69) is 21.2 Å². The standard InChI is InChI=1S/C15H20BrNO3/c1-19-12-8-7-10(15(20-2)13(12)16)14(18)11-6-4-3-5-9-17-11/h7-8,11,17H,3-6,9H2,1-2H3. The number of carbonyl (C=O) groups is 1. The molecule has 110 valence electrons. The molecule has 1 aliphatic rings. The second-order valence-corrected chi connectivity index (χ2v) is 5.68. The van der Waals surface area contributed by atoms with Crippen LogP contribution in [0.15, 0.2) is 16.6 Å². The van der Waals surface area contributed by atoms with Gasteiger partial charge in [0.15, 0.2) is 5.78 Å². The lowest BCUT2D eigenvalue weighted by Gasteiger charge is -2.18. The number of hydrogen-bond acceptors (Lipinski definition) is 4. The van der Waals surface area contributed by atoms with Gasteiger partial charge in [0.1, 0.15) is 16.0 Å². The largest absolute Gasteiger partial charge is 0.495 e. The second kappa shape index (κ2) is 7.09. The van der Waals surface area contributed by atoms with Crippen molar-refractivity contribution in [1.82, 2.24) is 5.32 Å². The predicted octanol–water partition coefficient (Wildman–Crippen LogP) is 3.18. The first kappa shape index (κ1) is 15.3. The van der Waals surface area contributed by atoms with E-state index >= 15 is 0 Å². The summed E-state index contributed by atoms with van der Waals surface area (Å²) in [6, 6.07) is 3.44. The van der Waals surface area contributed by atoms with Crippen LogP contribution in [0.4, 0.5) is 0 Å². The molecule has 0 aliphatic carbocycles. The van der Waals surface area contributed by atoms with Crippen LogP contribution in [0.1, 0.15) is 36.0 Å². The topological polar surface area (TPSA) is 47.6 Å². The number of ether oxygens (including phenoxy) is 2. The molecule has 2 rings (SSSR count). The van der Waals surface area contributed by atoms with Crippen LogP contribution in [0.25, 0.3) is 0 Å². The summed E-state index contributed by atoms with van der Waals surface area (Å²) in [6.45, 7) is 0.899. The minimum atomic E-state index is -0.119. The fourth-order valence-electron chi connectivity index (χ4n) is 2.53. The van der Waals surface area contributed by atoms with Crippen LogP contribution in [-0.4, -0.2) is 32.6 Å². The van der Waals surface area contributed by atoms with Crippen molar-refractivity contribution in [2.45, 2.75) is 31.7 Å². The van der Waals surface area contributed by atoms with Crippen LogP contribution < -0.4 is 14.8 Å². The molecule has 1 aliphatic heterocycles. The number of hydrogen-bond donors (Lipinski definition) is 1. The van der Waals surface area contributed by atoms with E-state index in [0.717, 1.165) is 25.8 Å². The maximum Gasteiger partial charge on any atom is 0.183 e. The van der Waals surface area contributed by atoms with Gasteiger partial charge in [-0.2, -0.15) is 0 Å². The molecular weight excluding hydrogens is 322 g/mol. The molecule has 4 nitrogen and oxygen atoms in total. The summed E-state index contributed by atoms with van der Waals surface area (Å²) in [5, 5.41) is 3.33. The highest BCUT2D eigenvalue weighted by atomic mass is 79.9. The maximum atomic E-state index is 12.7. The third-order valence-corrected chi connectivity index (χ3v) is 4.38. The van der Waals surface area contributed by atoms with E-state index in [-0.39, 0.29) is 11.8 Å². The zero-order chi connectivity index (χ0) is 14.5. The van der Waals surface area contributed by atoms with Gasteiger partial charge in [0.05, 0.1) is 25.8 Å². The van der Waals surface area contributed by atoms with Crippen LogP contribution in [0.3, 0.4) is 0 Å². The van der Waals surface area contributed by atoms with Gasteiger partial charge in [-0.25, -0.2) is 0 Å². The average molecular weight is 342 g/mol. The highest BCUT2D eigenvalue weighted by Gasteiger charge is 2.25. The van der Waals surface area contributed by atoms with Gasteiger partial charge in [0.25, 0.3) is 0 Å². The molecule has 5 heteroatoms. The van der Waals surface area contributed by atoms with Crippen molar-refractivity contribution in [3.8, 4) is 11.5 Å². The SMILES string of the molecule is COc1ccc(C(=O)C2CCCCCN2)c(OC)c1Br. The molecule has 1 saturated heterocycles. The van der Waals surface area contributed by atoms with Crippen LogP contribution in [0, 0.1) is 0 Å². The highest BCUT2D eigenvalue weighted by molar-refractivity contribution is 9.10. The van der Waals surface area contributed by atoms with Crippen LogP contribution in [-0.2, 0) is 0 Å².